The molecule has 1 saturated heterocycles. The topological polar surface area (TPSA) is 79.0 Å². The molecule has 1 amide bonds. The molecule has 0 saturated carbocycles. The molecule has 0 bridgehead atoms. The van der Waals surface area contributed by atoms with Crippen LogP contribution in [-0.4, -0.2) is 37.4 Å². The van der Waals surface area contributed by atoms with Crippen molar-refractivity contribution in [1.29, 1.82) is 0 Å². The zero-order valence-electron chi connectivity index (χ0n) is 11.2. The minimum atomic E-state index is -2.91. The van der Waals surface area contributed by atoms with Gasteiger partial charge in [0, 0.05) is 22.5 Å². The second kappa shape index (κ2) is 5.35. The number of hydrogen-bond donors (Lipinski definition) is 2. The molecule has 0 spiro atoms. The third-order valence-electron chi connectivity index (χ3n) is 3.71. The first-order valence-electron chi connectivity index (χ1n) is 6.70. The van der Waals surface area contributed by atoms with E-state index in [1.54, 1.807) is 18.2 Å². The van der Waals surface area contributed by atoms with Crippen molar-refractivity contribution in [2.24, 2.45) is 5.92 Å². The van der Waals surface area contributed by atoms with Crippen LogP contribution in [0.2, 0.25) is 5.02 Å². The number of benzene rings is 1. The van der Waals surface area contributed by atoms with Crippen molar-refractivity contribution >= 4 is 38.2 Å². The van der Waals surface area contributed by atoms with E-state index in [0.717, 1.165) is 10.9 Å². The second-order valence-electron chi connectivity index (χ2n) is 5.39. The monoisotopic (exact) mass is 326 g/mol. The first-order valence-corrected chi connectivity index (χ1v) is 8.90. The van der Waals surface area contributed by atoms with E-state index in [1.165, 1.54) is 0 Å². The molecule has 2 heterocycles. The molecule has 112 valence electrons. The maximum atomic E-state index is 12.1. The highest BCUT2D eigenvalue weighted by molar-refractivity contribution is 7.91. The zero-order chi connectivity index (χ0) is 15.0. The van der Waals surface area contributed by atoms with Crippen LogP contribution in [0.4, 0.5) is 0 Å². The van der Waals surface area contributed by atoms with Crippen molar-refractivity contribution in [2.75, 3.05) is 18.1 Å². The van der Waals surface area contributed by atoms with Crippen LogP contribution in [0.5, 0.6) is 0 Å². The molecule has 0 aliphatic carbocycles. The molecule has 0 unspecified atom stereocenters. The third-order valence-corrected chi connectivity index (χ3v) is 5.78. The molecule has 5 nitrogen and oxygen atoms in total. The quantitative estimate of drug-likeness (QED) is 0.905. The Labute approximate surface area is 127 Å². The van der Waals surface area contributed by atoms with Gasteiger partial charge in [0.2, 0.25) is 0 Å². The zero-order valence-corrected chi connectivity index (χ0v) is 12.8. The van der Waals surface area contributed by atoms with Crippen LogP contribution >= 0.6 is 11.6 Å². The number of sulfone groups is 1. The van der Waals surface area contributed by atoms with E-state index in [4.69, 9.17) is 11.6 Å². The van der Waals surface area contributed by atoms with Crippen LogP contribution in [-0.2, 0) is 9.84 Å². The van der Waals surface area contributed by atoms with Crippen LogP contribution in [0, 0.1) is 5.92 Å². The highest BCUT2D eigenvalue weighted by Gasteiger charge is 2.28. The lowest BCUT2D eigenvalue weighted by Gasteiger charge is -2.08. The third kappa shape index (κ3) is 3.22. The highest BCUT2D eigenvalue weighted by atomic mass is 35.5. The van der Waals surface area contributed by atoms with E-state index in [2.05, 4.69) is 10.3 Å². The second-order valence-corrected chi connectivity index (χ2v) is 8.06. The maximum Gasteiger partial charge on any atom is 0.267 e. The van der Waals surface area contributed by atoms with Gasteiger partial charge in [0.25, 0.3) is 5.91 Å². The van der Waals surface area contributed by atoms with Gasteiger partial charge in [-0.05, 0) is 36.6 Å². The van der Waals surface area contributed by atoms with Gasteiger partial charge in [-0.15, -0.1) is 0 Å². The van der Waals surface area contributed by atoms with Gasteiger partial charge in [0.15, 0.2) is 9.84 Å². The number of nitrogens with one attached hydrogen (secondary N) is 2. The van der Waals surface area contributed by atoms with Gasteiger partial charge in [-0.1, -0.05) is 11.6 Å². The lowest BCUT2D eigenvalue weighted by molar-refractivity contribution is 0.0944. The van der Waals surface area contributed by atoms with Gasteiger partial charge in [-0.3, -0.25) is 4.79 Å². The molecule has 1 fully saturated rings. The molecule has 7 heteroatoms. The minimum Gasteiger partial charge on any atom is -0.351 e. The van der Waals surface area contributed by atoms with Crippen LogP contribution in [0.25, 0.3) is 10.9 Å². The fourth-order valence-corrected chi connectivity index (χ4v) is 4.63. The molecule has 2 aromatic rings. The Hall–Kier alpha value is -1.53. The van der Waals surface area contributed by atoms with E-state index in [-0.39, 0.29) is 23.3 Å². The molecule has 1 atom stereocenters. The molecule has 3 rings (SSSR count). The van der Waals surface area contributed by atoms with Crippen LogP contribution in [0.15, 0.2) is 24.3 Å². The molecule has 1 aliphatic rings. The lowest BCUT2D eigenvalue weighted by Crippen LogP contribution is -2.30. The van der Waals surface area contributed by atoms with E-state index in [9.17, 15) is 13.2 Å². The summed E-state index contributed by atoms with van der Waals surface area (Å²) in [6.45, 7) is 0.383. The van der Waals surface area contributed by atoms with Crippen LogP contribution in [0.3, 0.4) is 0 Å². The number of aromatic nitrogens is 1. The Morgan fingerprint density at radius 1 is 1.38 bits per heavy atom. The van der Waals surface area contributed by atoms with Gasteiger partial charge in [0.1, 0.15) is 5.69 Å². The predicted octanol–water partition coefficient (Wildman–Crippen LogP) is 1.99. The summed E-state index contributed by atoms with van der Waals surface area (Å²) < 4.78 is 22.7. The van der Waals surface area contributed by atoms with Crippen molar-refractivity contribution in [3.05, 3.63) is 35.0 Å². The Balaban J connectivity index is 1.67. The molecular formula is C14H15ClN2O3S. The normalized spacial score (nSPS) is 20.7. The van der Waals surface area contributed by atoms with Crippen molar-refractivity contribution in [3.8, 4) is 0 Å². The van der Waals surface area contributed by atoms with Crippen LogP contribution < -0.4 is 5.32 Å². The van der Waals surface area contributed by atoms with E-state index in [1.807, 2.05) is 6.07 Å². The summed E-state index contributed by atoms with van der Waals surface area (Å²) >= 11 is 5.91. The first-order chi connectivity index (χ1) is 9.93. The van der Waals surface area contributed by atoms with Gasteiger partial charge in [0.05, 0.1) is 11.5 Å². The summed E-state index contributed by atoms with van der Waals surface area (Å²) in [5, 5.41) is 4.27. The average molecular weight is 327 g/mol. The number of carbonyl (C=O) groups is 1. The Morgan fingerprint density at radius 2 is 2.19 bits per heavy atom. The fraction of sp³-hybridized carbons (Fsp3) is 0.357. The maximum absolute atomic E-state index is 12.1. The number of hydrogen-bond acceptors (Lipinski definition) is 3. The predicted molar refractivity (Wildman–Crippen MR) is 82.4 cm³/mol. The Bertz CT molecular complexity index is 798. The average Bonchev–Trinajstić information content (AvgIpc) is 2.98. The van der Waals surface area contributed by atoms with Crippen molar-refractivity contribution in [2.45, 2.75) is 6.42 Å². The van der Waals surface area contributed by atoms with Crippen molar-refractivity contribution in [1.82, 2.24) is 10.3 Å². The fourth-order valence-electron chi connectivity index (χ4n) is 2.59. The van der Waals surface area contributed by atoms with Crippen molar-refractivity contribution in [3.63, 3.8) is 0 Å². The Morgan fingerprint density at radius 3 is 2.90 bits per heavy atom. The lowest BCUT2D eigenvalue weighted by atomic mass is 10.1. The van der Waals surface area contributed by atoms with E-state index >= 15 is 0 Å². The van der Waals surface area contributed by atoms with Gasteiger partial charge in [-0.25, -0.2) is 8.42 Å². The number of H-pyrrole nitrogens is 1. The number of carbonyl (C=O) groups excluding carboxylic acids is 1. The number of fused-ring (bicyclic) bond motifs is 1. The SMILES string of the molecule is O=C(NC[C@H]1CCS(=O)(=O)C1)c1cc2cc(Cl)ccc2[nH]1. The van der Waals surface area contributed by atoms with Crippen LogP contribution in [0.1, 0.15) is 16.9 Å². The molecule has 2 N–H and O–H groups in total. The summed E-state index contributed by atoms with van der Waals surface area (Å²) in [5.74, 6) is 0.165. The summed E-state index contributed by atoms with van der Waals surface area (Å²) in [5.41, 5.74) is 1.29. The minimum absolute atomic E-state index is 0.0118. The Kier molecular flexibility index (Phi) is 3.67. The van der Waals surface area contributed by atoms with E-state index in [0.29, 0.717) is 23.7 Å². The van der Waals surface area contributed by atoms with Gasteiger partial charge in [-0.2, -0.15) is 0 Å². The summed E-state index contributed by atoms with van der Waals surface area (Å²) in [7, 11) is -2.91. The van der Waals surface area contributed by atoms with Gasteiger partial charge < -0.3 is 10.3 Å². The molecule has 0 radical (unpaired) electrons. The molecule has 1 aliphatic heterocycles. The summed E-state index contributed by atoms with van der Waals surface area (Å²) in [6, 6.07) is 7.10. The van der Waals surface area contributed by atoms with Gasteiger partial charge >= 0.3 is 0 Å². The largest absolute Gasteiger partial charge is 0.351 e. The number of halogens is 1. The standard InChI is InChI=1S/C14H15ClN2O3S/c15-11-1-2-12-10(5-11)6-13(17-12)14(18)16-7-9-3-4-21(19,20)8-9/h1-2,5-6,9,17H,3-4,7-8H2,(H,16,18)/t9-/m1/s1. The van der Waals surface area contributed by atoms with Crippen molar-refractivity contribution < 1.29 is 13.2 Å². The molecule has 1 aromatic carbocycles. The number of amides is 1. The smallest absolute Gasteiger partial charge is 0.267 e. The molecule has 21 heavy (non-hydrogen) atoms. The highest BCUT2D eigenvalue weighted by Crippen LogP contribution is 2.20. The summed E-state index contributed by atoms with van der Waals surface area (Å²) in [6.07, 6.45) is 0.616. The summed E-state index contributed by atoms with van der Waals surface area (Å²) in [4.78, 5) is 15.1. The number of rotatable bonds is 3. The molecular weight excluding hydrogens is 312 g/mol. The molecule has 1 aromatic heterocycles. The van der Waals surface area contributed by atoms with E-state index < -0.39 is 9.84 Å². The number of aromatic amines is 1. The first kappa shape index (κ1) is 14.4.